The molecule has 0 radical (unpaired) electrons. The van der Waals surface area contributed by atoms with Crippen molar-refractivity contribution in [2.45, 2.75) is 13.8 Å². The molecule has 0 atom stereocenters. The quantitative estimate of drug-likeness (QED) is 0.262. The number of halogens is 1. The number of benzene rings is 5. The monoisotopic (exact) mass is 485 g/mol. The SMILES string of the molecule is Cc1cc(N2c3ccccc3Oc3ccccc32)c(C)cc1-c1ccc2c3c(ccc(F)c13)C(N)=C2N. The van der Waals surface area contributed by atoms with Gasteiger partial charge in [0.1, 0.15) is 5.82 Å². The summed E-state index contributed by atoms with van der Waals surface area (Å²) < 4.78 is 21.6. The number of rotatable bonds is 2. The van der Waals surface area contributed by atoms with Gasteiger partial charge in [-0.2, -0.15) is 0 Å². The summed E-state index contributed by atoms with van der Waals surface area (Å²) in [5.74, 6) is 1.33. The van der Waals surface area contributed by atoms with E-state index in [0.29, 0.717) is 16.8 Å². The molecule has 1 aliphatic heterocycles. The van der Waals surface area contributed by atoms with E-state index >= 15 is 4.39 Å². The van der Waals surface area contributed by atoms with Crippen LogP contribution in [-0.2, 0) is 0 Å². The lowest BCUT2D eigenvalue weighted by Gasteiger charge is -2.34. The standard InChI is InChI=1S/C32H24FN3O/c1-17-16-26(36-24-7-3-5-9-27(24)37-28-10-6-4-8-25(28)36)18(2)15-22(17)19-11-12-20-29-21(32(35)31(20)34)13-14-23(33)30(19)29/h3-16H,34-35H2,1-2H3. The maximum Gasteiger partial charge on any atom is 0.151 e. The third-order valence-electron chi connectivity index (χ3n) is 7.49. The van der Waals surface area contributed by atoms with Gasteiger partial charge in [-0.25, -0.2) is 4.39 Å². The van der Waals surface area contributed by atoms with E-state index in [-0.39, 0.29) is 5.82 Å². The smallest absolute Gasteiger partial charge is 0.151 e. The molecule has 1 heterocycles. The van der Waals surface area contributed by atoms with E-state index in [1.165, 1.54) is 6.07 Å². The van der Waals surface area contributed by atoms with Crippen LogP contribution in [0.15, 0.2) is 84.9 Å². The second kappa shape index (κ2) is 7.61. The van der Waals surface area contributed by atoms with Crippen molar-refractivity contribution < 1.29 is 9.13 Å². The van der Waals surface area contributed by atoms with Gasteiger partial charge in [-0.1, -0.05) is 36.4 Å². The molecular weight excluding hydrogens is 461 g/mol. The average molecular weight is 486 g/mol. The Labute approximate surface area is 214 Å². The molecule has 0 unspecified atom stereocenters. The summed E-state index contributed by atoms with van der Waals surface area (Å²) in [6, 6.07) is 27.5. The topological polar surface area (TPSA) is 64.5 Å². The van der Waals surface area contributed by atoms with E-state index in [1.54, 1.807) is 6.07 Å². The molecule has 0 bridgehead atoms. The predicted molar refractivity (Wildman–Crippen MR) is 149 cm³/mol. The molecule has 4 N–H and O–H groups in total. The fourth-order valence-electron chi connectivity index (χ4n) is 5.71. The number of hydrogen-bond donors (Lipinski definition) is 2. The third kappa shape index (κ3) is 2.94. The first-order chi connectivity index (χ1) is 17.9. The molecule has 7 rings (SSSR count). The van der Waals surface area contributed by atoms with Crippen molar-refractivity contribution >= 4 is 39.2 Å². The molecule has 1 aliphatic carbocycles. The Morgan fingerprint density at radius 1 is 0.595 bits per heavy atom. The van der Waals surface area contributed by atoms with Gasteiger partial charge in [-0.3, -0.25) is 0 Å². The van der Waals surface area contributed by atoms with Crippen LogP contribution < -0.4 is 21.1 Å². The van der Waals surface area contributed by atoms with Gasteiger partial charge in [-0.05, 0) is 84.6 Å². The van der Waals surface area contributed by atoms with Crippen LogP contribution >= 0.6 is 0 Å². The van der Waals surface area contributed by atoms with Crippen LogP contribution in [0.25, 0.3) is 33.3 Å². The van der Waals surface area contributed by atoms with Crippen molar-refractivity contribution in [3.05, 3.63) is 113 Å². The van der Waals surface area contributed by atoms with Crippen LogP contribution in [-0.4, -0.2) is 0 Å². The molecule has 2 aliphatic rings. The number of aryl methyl sites for hydroxylation is 2. The molecule has 0 saturated heterocycles. The molecule has 180 valence electrons. The van der Waals surface area contributed by atoms with Gasteiger partial charge in [0, 0.05) is 27.6 Å². The number of ether oxygens (including phenoxy) is 1. The first-order valence-corrected chi connectivity index (χ1v) is 12.2. The van der Waals surface area contributed by atoms with Crippen molar-refractivity contribution in [1.29, 1.82) is 0 Å². The molecule has 4 nitrogen and oxygen atoms in total. The highest BCUT2D eigenvalue weighted by Crippen LogP contribution is 2.52. The largest absolute Gasteiger partial charge is 0.453 e. The van der Waals surface area contributed by atoms with Gasteiger partial charge < -0.3 is 21.1 Å². The second-order valence-electron chi connectivity index (χ2n) is 9.66. The van der Waals surface area contributed by atoms with Gasteiger partial charge in [0.25, 0.3) is 0 Å². The molecule has 0 aromatic heterocycles. The highest BCUT2D eigenvalue weighted by Gasteiger charge is 2.28. The van der Waals surface area contributed by atoms with Crippen LogP contribution in [0.3, 0.4) is 0 Å². The minimum atomic E-state index is -0.282. The number of hydrogen-bond acceptors (Lipinski definition) is 4. The van der Waals surface area contributed by atoms with Crippen LogP contribution in [0.2, 0.25) is 0 Å². The summed E-state index contributed by atoms with van der Waals surface area (Å²) in [7, 11) is 0. The zero-order valence-corrected chi connectivity index (χ0v) is 20.5. The van der Waals surface area contributed by atoms with Crippen molar-refractivity contribution in [1.82, 2.24) is 0 Å². The van der Waals surface area contributed by atoms with Crippen LogP contribution in [0.1, 0.15) is 22.3 Å². The van der Waals surface area contributed by atoms with Gasteiger partial charge in [0.15, 0.2) is 11.5 Å². The summed E-state index contributed by atoms with van der Waals surface area (Å²) in [5, 5.41) is 1.33. The maximum atomic E-state index is 15.4. The first-order valence-electron chi connectivity index (χ1n) is 12.2. The lowest BCUT2D eigenvalue weighted by molar-refractivity contribution is 0.477. The highest BCUT2D eigenvalue weighted by molar-refractivity contribution is 6.16. The van der Waals surface area contributed by atoms with Crippen molar-refractivity contribution in [2.75, 3.05) is 4.90 Å². The fraction of sp³-hybridized carbons (Fsp3) is 0.0625. The third-order valence-corrected chi connectivity index (χ3v) is 7.49. The van der Waals surface area contributed by atoms with E-state index in [4.69, 9.17) is 16.2 Å². The van der Waals surface area contributed by atoms with Crippen molar-refractivity contribution in [3.8, 4) is 22.6 Å². The van der Waals surface area contributed by atoms with Crippen molar-refractivity contribution in [3.63, 3.8) is 0 Å². The number of anilines is 3. The minimum Gasteiger partial charge on any atom is -0.453 e. The Morgan fingerprint density at radius 2 is 1.16 bits per heavy atom. The molecule has 5 aromatic rings. The summed E-state index contributed by atoms with van der Waals surface area (Å²) in [6.45, 7) is 4.16. The minimum absolute atomic E-state index is 0.282. The molecule has 5 aromatic carbocycles. The molecule has 37 heavy (non-hydrogen) atoms. The number of nitrogens with zero attached hydrogens (tertiary/aromatic N) is 1. The highest BCUT2D eigenvalue weighted by atomic mass is 19.1. The van der Waals surface area contributed by atoms with Gasteiger partial charge >= 0.3 is 0 Å². The van der Waals surface area contributed by atoms with Gasteiger partial charge in [-0.15, -0.1) is 0 Å². The van der Waals surface area contributed by atoms with Crippen molar-refractivity contribution in [2.24, 2.45) is 11.5 Å². The number of nitrogens with two attached hydrogens (primary N) is 2. The van der Waals surface area contributed by atoms with Gasteiger partial charge in [0.05, 0.1) is 22.8 Å². The van der Waals surface area contributed by atoms with E-state index < -0.39 is 0 Å². The zero-order valence-electron chi connectivity index (χ0n) is 20.5. The summed E-state index contributed by atoms with van der Waals surface area (Å²) >= 11 is 0. The molecule has 0 fully saturated rings. The molecule has 0 amide bonds. The van der Waals surface area contributed by atoms with E-state index in [2.05, 4.69) is 43.0 Å². The lowest BCUT2D eigenvalue weighted by atomic mass is 9.90. The number of fused-ring (bicyclic) bond motifs is 2. The maximum absolute atomic E-state index is 15.4. The van der Waals surface area contributed by atoms with Crippen LogP contribution in [0.5, 0.6) is 11.5 Å². The average Bonchev–Trinajstić information content (AvgIpc) is 3.16. The Kier molecular flexibility index (Phi) is 4.43. The van der Waals surface area contributed by atoms with Crippen LogP contribution in [0.4, 0.5) is 21.5 Å². The lowest BCUT2D eigenvalue weighted by Crippen LogP contribution is -2.16. The van der Waals surface area contributed by atoms with Gasteiger partial charge in [0.2, 0.25) is 0 Å². The van der Waals surface area contributed by atoms with E-state index in [9.17, 15) is 0 Å². The molecule has 0 saturated carbocycles. The summed E-state index contributed by atoms with van der Waals surface area (Å²) in [4.78, 5) is 2.24. The Morgan fingerprint density at radius 3 is 1.81 bits per heavy atom. The molecular formula is C32H24FN3O. The Balaban J connectivity index is 1.44. The molecule has 0 spiro atoms. The normalized spacial score (nSPS) is 13.5. The number of para-hydroxylation sites is 4. The Hall–Kier alpha value is -4.77. The second-order valence-corrected chi connectivity index (χ2v) is 9.66. The Bertz CT molecular complexity index is 1760. The zero-order chi connectivity index (χ0) is 25.4. The summed E-state index contributed by atoms with van der Waals surface area (Å²) in [5.41, 5.74) is 22.0. The van der Waals surface area contributed by atoms with E-state index in [1.807, 2.05) is 48.5 Å². The van der Waals surface area contributed by atoms with Crippen LogP contribution in [0, 0.1) is 19.7 Å². The first kappa shape index (κ1) is 21.5. The summed E-state index contributed by atoms with van der Waals surface area (Å²) in [6.07, 6.45) is 0. The van der Waals surface area contributed by atoms with E-state index in [0.717, 1.165) is 67.3 Å². The predicted octanol–water partition coefficient (Wildman–Crippen LogP) is 7.89. The fourth-order valence-corrected chi connectivity index (χ4v) is 5.71. The molecule has 5 heteroatoms.